The highest BCUT2D eigenvalue weighted by Gasteiger charge is 2.70. The number of fused-ring (bicyclic) bond motifs is 1. The summed E-state index contributed by atoms with van der Waals surface area (Å²) in [6.07, 6.45) is 5.70. The van der Waals surface area contributed by atoms with E-state index in [4.69, 9.17) is 10.5 Å². The SMILES string of the molecule is CC(NC(=O)C1(N)C2CCCOC2C1(C)C)c1cnn(C)c1.Cl. The fraction of sp³-hybridized carbons (Fsp3) is 0.750. The predicted octanol–water partition coefficient (Wildman–Crippen LogP) is 1.55. The van der Waals surface area contributed by atoms with Gasteiger partial charge in [-0.05, 0) is 19.8 Å². The highest BCUT2D eigenvalue weighted by Crippen LogP contribution is 2.57. The van der Waals surface area contributed by atoms with Crippen LogP contribution >= 0.6 is 12.4 Å². The van der Waals surface area contributed by atoms with Crippen LogP contribution in [0.25, 0.3) is 0 Å². The van der Waals surface area contributed by atoms with Gasteiger partial charge in [-0.1, -0.05) is 13.8 Å². The third kappa shape index (κ3) is 2.57. The molecule has 3 rings (SSSR count). The Labute approximate surface area is 143 Å². The number of halogens is 1. The van der Waals surface area contributed by atoms with Crippen LogP contribution in [-0.2, 0) is 16.6 Å². The number of hydrogen-bond donors (Lipinski definition) is 2. The molecule has 0 spiro atoms. The number of carbonyl (C=O) groups is 1. The summed E-state index contributed by atoms with van der Waals surface area (Å²) < 4.78 is 7.59. The molecule has 0 aromatic carbocycles. The molecule has 1 aromatic rings. The molecule has 2 fully saturated rings. The van der Waals surface area contributed by atoms with Crippen molar-refractivity contribution in [2.24, 2.45) is 24.1 Å². The van der Waals surface area contributed by atoms with Gasteiger partial charge in [-0.2, -0.15) is 5.10 Å². The van der Waals surface area contributed by atoms with E-state index in [0.717, 1.165) is 25.0 Å². The van der Waals surface area contributed by atoms with Gasteiger partial charge in [-0.15, -0.1) is 12.4 Å². The number of nitrogens with one attached hydrogen (secondary N) is 1. The van der Waals surface area contributed by atoms with Gasteiger partial charge in [-0.25, -0.2) is 0 Å². The predicted molar refractivity (Wildman–Crippen MR) is 90.2 cm³/mol. The Bertz CT molecular complexity index is 588. The number of ether oxygens (including phenoxy) is 1. The Hall–Kier alpha value is -1.11. The van der Waals surface area contributed by atoms with Crippen LogP contribution in [0.2, 0.25) is 0 Å². The highest BCUT2D eigenvalue weighted by atomic mass is 35.5. The van der Waals surface area contributed by atoms with Gasteiger partial charge >= 0.3 is 0 Å². The standard InChI is InChI=1S/C16H26N4O2.ClH/c1-10(11-8-18-20(4)9-11)19-14(21)16(17)12-6-5-7-22-13(12)15(16,2)3;/h8-10,12-13H,5-7,17H2,1-4H3,(H,19,21);1H. The maximum atomic E-state index is 12.9. The van der Waals surface area contributed by atoms with Crippen LogP contribution in [0.1, 0.15) is 45.2 Å². The molecule has 2 aliphatic rings. The molecule has 23 heavy (non-hydrogen) atoms. The van der Waals surface area contributed by atoms with Gasteiger partial charge in [0.05, 0.1) is 18.3 Å². The molecule has 1 aromatic heterocycles. The minimum atomic E-state index is -0.867. The number of hydrogen-bond acceptors (Lipinski definition) is 4. The topological polar surface area (TPSA) is 82.2 Å². The minimum absolute atomic E-state index is 0. The first-order chi connectivity index (χ1) is 10.3. The summed E-state index contributed by atoms with van der Waals surface area (Å²) in [5.74, 6) is 0.0259. The van der Waals surface area contributed by atoms with E-state index in [1.165, 1.54) is 0 Å². The first kappa shape index (κ1) is 18.2. The Kier molecular flexibility index (Phi) is 4.81. The molecule has 1 aliphatic heterocycles. The molecule has 130 valence electrons. The molecule has 1 saturated carbocycles. The van der Waals surface area contributed by atoms with Gasteiger partial charge in [0, 0.05) is 36.7 Å². The number of aryl methyl sites for hydroxylation is 1. The summed E-state index contributed by atoms with van der Waals surface area (Å²) in [5.41, 5.74) is 6.36. The first-order valence-corrected chi connectivity index (χ1v) is 7.98. The maximum Gasteiger partial charge on any atom is 0.241 e. The van der Waals surface area contributed by atoms with E-state index in [9.17, 15) is 4.79 Å². The highest BCUT2D eigenvalue weighted by molar-refractivity contribution is 5.89. The van der Waals surface area contributed by atoms with Crippen LogP contribution in [0.15, 0.2) is 12.4 Å². The van der Waals surface area contributed by atoms with E-state index < -0.39 is 5.54 Å². The van der Waals surface area contributed by atoms with E-state index in [-0.39, 0.29) is 41.8 Å². The van der Waals surface area contributed by atoms with Crippen molar-refractivity contribution < 1.29 is 9.53 Å². The van der Waals surface area contributed by atoms with Crippen LogP contribution in [-0.4, -0.2) is 33.9 Å². The van der Waals surface area contributed by atoms with Crippen molar-refractivity contribution in [1.29, 1.82) is 0 Å². The fourth-order valence-electron chi connectivity index (χ4n) is 4.10. The van der Waals surface area contributed by atoms with E-state index in [2.05, 4.69) is 10.4 Å². The number of carbonyl (C=O) groups excluding carboxylic acids is 1. The molecular formula is C16H27ClN4O2. The lowest BCUT2D eigenvalue weighted by molar-refractivity contribution is -0.225. The molecule has 1 amide bonds. The first-order valence-electron chi connectivity index (χ1n) is 7.98. The van der Waals surface area contributed by atoms with Crippen LogP contribution in [0, 0.1) is 11.3 Å². The van der Waals surface area contributed by atoms with Crippen LogP contribution in [0.3, 0.4) is 0 Å². The monoisotopic (exact) mass is 342 g/mol. The van der Waals surface area contributed by atoms with Gasteiger partial charge in [0.25, 0.3) is 0 Å². The van der Waals surface area contributed by atoms with E-state index >= 15 is 0 Å². The van der Waals surface area contributed by atoms with Crippen molar-refractivity contribution in [2.45, 2.75) is 51.3 Å². The smallest absolute Gasteiger partial charge is 0.241 e. The lowest BCUT2D eigenvalue weighted by Gasteiger charge is -2.65. The average molecular weight is 343 g/mol. The quantitative estimate of drug-likeness (QED) is 0.873. The molecule has 1 aliphatic carbocycles. The third-order valence-corrected chi connectivity index (χ3v) is 5.63. The van der Waals surface area contributed by atoms with Crippen molar-refractivity contribution in [3.63, 3.8) is 0 Å². The zero-order valence-corrected chi connectivity index (χ0v) is 15.0. The molecule has 3 N–H and O–H groups in total. The van der Waals surface area contributed by atoms with Crippen molar-refractivity contribution in [3.8, 4) is 0 Å². The van der Waals surface area contributed by atoms with Crippen LogP contribution < -0.4 is 11.1 Å². The second kappa shape index (κ2) is 6.07. The van der Waals surface area contributed by atoms with Gasteiger partial charge in [-0.3, -0.25) is 9.48 Å². The number of rotatable bonds is 3. The molecule has 7 heteroatoms. The molecule has 2 heterocycles. The lowest BCUT2D eigenvalue weighted by atomic mass is 9.46. The number of nitrogens with two attached hydrogens (primary N) is 1. The largest absolute Gasteiger partial charge is 0.377 e. The van der Waals surface area contributed by atoms with E-state index in [1.807, 2.05) is 34.0 Å². The Balaban J connectivity index is 0.00000192. The number of amides is 1. The molecule has 1 saturated heterocycles. The summed E-state index contributed by atoms with van der Waals surface area (Å²) in [6.45, 7) is 6.80. The summed E-state index contributed by atoms with van der Waals surface area (Å²) in [5, 5.41) is 7.22. The van der Waals surface area contributed by atoms with Gasteiger partial charge < -0.3 is 15.8 Å². The van der Waals surface area contributed by atoms with Gasteiger partial charge in [0.1, 0.15) is 5.54 Å². The summed E-state index contributed by atoms with van der Waals surface area (Å²) in [6, 6.07) is -0.110. The second-order valence-corrected chi connectivity index (χ2v) is 7.27. The maximum absolute atomic E-state index is 12.9. The van der Waals surface area contributed by atoms with Gasteiger partial charge in [0.15, 0.2) is 0 Å². The number of nitrogens with zero attached hydrogens (tertiary/aromatic N) is 2. The fourth-order valence-corrected chi connectivity index (χ4v) is 4.10. The molecule has 6 nitrogen and oxygen atoms in total. The normalized spacial score (nSPS) is 32.9. The molecule has 4 atom stereocenters. The van der Waals surface area contributed by atoms with Crippen LogP contribution in [0.4, 0.5) is 0 Å². The summed E-state index contributed by atoms with van der Waals surface area (Å²) >= 11 is 0. The zero-order valence-electron chi connectivity index (χ0n) is 14.2. The molecular weight excluding hydrogens is 316 g/mol. The van der Waals surface area contributed by atoms with Crippen molar-refractivity contribution in [1.82, 2.24) is 15.1 Å². The van der Waals surface area contributed by atoms with E-state index in [1.54, 1.807) is 10.9 Å². The van der Waals surface area contributed by atoms with Crippen LogP contribution in [0.5, 0.6) is 0 Å². The minimum Gasteiger partial charge on any atom is -0.377 e. The molecule has 4 unspecified atom stereocenters. The summed E-state index contributed by atoms with van der Waals surface area (Å²) in [7, 11) is 1.86. The Morgan fingerprint density at radius 2 is 2.26 bits per heavy atom. The van der Waals surface area contributed by atoms with Gasteiger partial charge in [0.2, 0.25) is 5.91 Å². The summed E-state index contributed by atoms with van der Waals surface area (Å²) in [4.78, 5) is 12.9. The van der Waals surface area contributed by atoms with Crippen molar-refractivity contribution in [3.05, 3.63) is 18.0 Å². The average Bonchev–Trinajstić information content (AvgIpc) is 2.93. The van der Waals surface area contributed by atoms with Crippen molar-refractivity contribution in [2.75, 3.05) is 6.61 Å². The third-order valence-electron chi connectivity index (χ3n) is 5.63. The molecule has 0 radical (unpaired) electrons. The lowest BCUT2D eigenvalue weighted by Crippen LogP contribution is -2.82. The Morgan fingerprint density at radius 3 is 2.87 bits per heavy atom. The second-order valence-electron chi connectivity index (χ2n) is 7.27. The zero-order chi connectivity index (χ0) is 16.1. The molecule has 0 bridgehead atoms. The number of aromatic nitrogens is 2. The van der Waals surface area contributed by atoms with Crippen molar-refractivity contribution >= 4 is 18.3 Å². The van der Waals surface area contributed by atoms with E-state index in [0.29, 0.717) is 0 Å². The Morgan fingerprint density at radius 1 is 1.57 bits per heavy atom.